The number of hydrogen-bond donors (Lipinski definition) is 1. The lowest BCUT2D eigenvalue weighted by atomic mass is 10.1. The molecule has 0 aromatic heterocycles. The number of nitrogens with one attached hydrogen (secondary N) is 1. The van der Waals surface area contributed by atoms with Gasteiger partial charge in [-0.2, -0.15) is 0 Å². The van der Waals surface area contributed by atoms with Crippen LogP contribution in [0.5, 0.6) is 0 Å². The highest BCUT2D eigenvalue weighted by Crippen LogP contribution is 2.32. The van der Waals surface area contributed by atoms with Gasteiger partial charge in [-0.25, -0.2) is 4.39 Å². The molecule has 3 heteroatoms. The molecule has 0 atom stereocenters. The maximum Gasteiger partial charge on any atom is 0.125 e. The normalized spacial score (nSPS) is 15.0. The van der Waals surface area contributed by atoms with Crippen LogP contribution in [0.3, 0.4) is 0 Å². The van der Waals surface area contributed by atoms with Gasteiger partial charge in [0, 0.05) is 24.8 Å². The SMILES string of the molecule is CCNCc1cc(F)cc(N(CC2CC2)C(C)C)c1. The highest BCUT2D eigenvalue weighted by Gasteiger charge is 2.26. The van der Waals surface area contributed by atoms with E-state index in [0.29, 0.717) is 6.04 Å². The van der Waals surface area contributed by atoms with Gasteiger partial charge in [0.15, 0.2) is 0 Å². The summed E-state index contributed by atoms with van der Waals surface area (Å²) in [6, 6.07) is 5.82. The summed E-state index contributed by atoms with van der Waals surface area (Å²) in [7, 11) is 0. The van der Waals surface area contributed by atoms with Gasteiger partial charge in [0.2, 0.25) is 0 Å². The van der Waals surface area contributed by atoms with Crippen LogP contribution in [0, 0.1) is 11.7 Å². The molecule has 1 aromatic rings. The first-order valence-electron chi connectivity index (χ1n) is 7.37. The summed E-state index contributed by atoms with van der Waals surface area (Å²) in [5, 5.41) is 3.26. The lowest BCUT2D eigenvalue weighted by Gasteiger charge is -2.29. The van der Waals surface area contributed by atoms with Gasteiger partial charge in [0.1, 0.15) is 5.82 Å². The first-order valence-corrected chi connectivity index (χ1v) is 7.37. The van der Waals surface area contributed by atoms with Crippen molar-refractivity contribution < 1.29 is 4.39 Å². The summed E-state index contributed by atoms with van der Waals surface area (Å²) < 4.78 is 13.8. The molecular weight excluding hydrogens is 239 g/mol. The summed E-state index contributed by atoms with van der Waals surface area (Å²) in [4.78, 5) is 2.33. The number of hydrogen-bond acceptors (Lipinski definition) is 2. The minimum Gasteiger partial charge on any atom is -0.369 e. The molecular formula is C16H25FN2. The molecule has 1 aromatic carbocycles. The molecule has 1 saturated carbocycles. The Morgan fingerprint density at radius 3 is 2.63 bits per heavy atom. The molecule has 1 aliphatic carbocycles. The first-order chi connectivity index (χ1) is 9.10. The first kappa shape index (κ1) is 14.3. The van der Waals surface area contributed by atoms with Crippen LogP contribution in [0.25, 0.3) is 0 Å². The smallest absolute Gasteiger partial charge is 0.125 e. The summed E-state index contributed by atoms with van der Waals surface area (Å²) in [5.74, 6) is 0.676. The van der Waals surface area contributed by atoms with E-state index < -0.39 is 0 Å². The van der Waals surface area contributed by atoms with E-state index in [2.05, 4.69) is 37.1 Å². The highest BCUT2D eigenvalue weighted by molar-refractivity contribution is 5.50. The molecule has 1 N–H and O–H groups in total. The molecule has 2 nitrogen and oxygen atoms in total. The Labute approximate surface area is 116 Å². The Balaban J connectivity index is 2.17. The maximum atomic E-state index is 13.8. The van der Waals surface area contributed by atoms with E-state index in [4.69, 9.17) is 0 Å². The molecule has 106 valence electrons. The molecule has 0 unspecified atom stereocenters. The molecule has 1 fully saturated rings. The second-order valence-electron chi connectivity index (χ2n) is 5.79. The van der Waals surface area contributed by atoms with Crippen LogP contribution in [0.4, 0.5) is 10.1 Å². The van der Waals surface area contributed by atoms with Crippen LogP contribution in [0.2, 0.25) is 0 Å². The molecule has 0 radical (unpaired) electrons. The minimum absolute atomic E-state index is 0.133. The fourth-order valence-corrected chi connectivity index (χ4v) is 2.36. The summed E-state index contributed by atoms with van der Waals surface area (Å²) in [5.41, 5.74) is 2.05. The zero-order valence-electron chi connectivity index (χ0n) is 12.2. The summed E-state index contributed by atoms with van der Waals surface area (Å²) in [6.45, 7) is 9.11. The van der Waals surface area contributed by atoms with Crippen molar-refractivity contribution in [1.29, 1.82) is 0 Å². The van der Waals surface area contributed by atoms with E-state index in [9.17, 15) is 4.39 Å². The van der Waals surface area contributed by atoms with E-state index in [-0.39, 0.29) is 5.82 Å². The van der Waals surface area contributed by atoms with Crippen molar-refractivity contribution in [2.45, 2.75) is 46.2 Å². The summed E-state index contributed by atoms with van der Waals surface area (Å²) in [6.07, 6.45) is 2.64. The molecule has 19 heavy (non-hydrogen) atoms. The topological polar surface area (TPSA) is 15.3 Å². The van der Waals surface area contributed by atoms with Crippen LogP contribution < -0.4 is 10.2 Å². The monoisotopic (exact) mass is 264 g/mol. The number of anilines is 1. The average Bonchev–Trinajstić information content (AvgIpc) is 3.16. The maximum absolute atomic E-state index is 13.8. The Kier molecular flexibility index (Phi) is 4.81. The molecule has 0 saturated heterocycles. The molecule has 0 bridgehead atoms. The Morgan fingerprint density at radius 2 is 2.05 bits per heavy atom. The molecule has 2 rings (SSSR count). The number of benzene rings is 1. The van der Waals surface area contributed by atoms with Gasteiger partial charge in [0.05, 0.1) is 0 Å². The third kappa shape index (κ3) is 4.20. The van der Waals surface area contributed by atoms with Crippen LogP contribution in [0.15, 0.2) is 18.2 Å². The van der Waals surface area contributed by atoms with E-state index in [0.717, 1.165) is 36.8 Å². The zero-order chi connectivity index (χ0) is 13.8. The predicted octanol–water partition coefficient (Wildman–Crippen LogP) is 3.56. The number of nitrogens with zero attached hydrogens (tertiary/aromatic N) is 1. The minimum atomic E-state index is -0.133. The third-order valence-corrected chi connectivity index (χ3v) is 3.63. The van der Waals surface area contributed by atoms with Gasteiger partial charge in [-0.15, -0.1) is 0 Å². The van der Waals surface area contributed by atoms with E-state index in [1.54, 1.807) is 12.1 Å². The third-order valence-electron chi connectivity index (χ3n) is 3.63. The molecule has 0 aliphatic heterocycles. The fourth-order valence-electron chi connectivity index (χ4n) is 2.36. The molecule has 0 amide bonds. The predicted molar refractivity (Wildman–Crippen MR) is 79.0 cm³/mol. The lowest BCUT2D eigenvalue weighted by Crippen LogP contribution is -2.33. The Bertz CT molecular complexity index is 413. The largest absolute Gasteiger partial charge is 0.369 e. The van der Waals surface area contributed by atoms with Crippen molar-refractivity contribution in [1.82, 2.24) is 5.32 Å². The molecule has 1 aliphatic rings. The van der Waals surface area contributed by atoms with Crippen LogP contribution in [0.1, 0.15) is 39.2 Å². The van der Waals surface area contributed by atoms with E-state index in [1.165, 1.54) is 12.8 Å². The van der Waals surface area contributed by atoms with Gasteiger partial charge in [-0.1, -0.05) is 6.92 Å². The second kappa shape index (κ2) is 6.38. The van der Waals surface area contributed by atoms with Crippen molar-refractivity contribution >= 4 is 5.69 Å². The van der Waals surface area contributed by atoms with E-state index in [1.807, 2.05) is 0 Å². The Morgan fingerprint density at radius 1 is 1.32 bits per heavy atom. The number of rotatable bonds is 7. The quantitative estimate of drug-likeness (QED) is 0.810. The van der Waals surface area contributed by atoms with Crippen LogP contribution >= 0.6 is 0 Å². The van der Waals surface area contributed by atoms with Crippen LogP contribution in [-0.2, 0) is 6.54 Å². The van der Waals surface area contributed by atoms with Crippen LogP contribution in [-0.4, -0.2) is 19.1 Å². The average molecular weight is 264 g/mol. The van der Waals surface area contributed by atoms with Gasteiger partial charge < -0.3 is 10.2 Å². The fraction of sp³-hybridized carbons (Fsp3) is 0.625. The molecule has 0 spiro atoms. The van der Waals surface area contributed by atoms with Gasteiger partial charge >= 0.3 is 0 Å². The van der Waals surface area contributed by atoms with Gasteiger partial charge in [-0.05, 0) is 62.9 Å². The van der Waals surface area contributed by atoms with Crippen molar-refractivity contribution in [3.05, 3.63) is 29.6 Å². The van der Waals surface area contributed by atoms with Gasteiger partial charge in [-0.3, -0.25) is 0 Å². The highest BCUT2D eigenvalue weighted by atomic mass is 19.1. The Hall–Kier alpha value is -1.09. The van der Waals surface area contributed by atoms with Crippen molar-refractivity contribution in [2.75, 3.05) is 18.0 Å². The van der Waals surface area contributed by atoms with Crippen molar-refractivity contribution in [3.63, 3.8) is 0 Å². The van der Waals surface area contributed by atoms with Gasteiger partial charge in [0.25, 0.3) is 0 Å². The zero-order valence-corrected chi connectivity index (χ0v) is 12.2. The second-order valence-corrected chi connectivity index (χ2v) is 5.79. The van der Waals surface area contributed by atoms with Crippen molar-refractivity contribution in [3.8, 4) is 0 Å². The molecule has 0 heterocycles. The lowest BCUT2D eigenvalue weighted by molar-refractivity contribution is 0.611. The number of halogens is 1. The standard InChI is InChI=1S/C16H25FN2/c1-4-18-10-14-7-15(17)9-16(8-14)19(12(2)3)11-13-5-6-13/h7-9,12-13,18H,4-6,10-11H2,1-3H3. The van der Waals surface area contributed by atoms with Crippen molar-refractivity contribution in [2.24, 2.45) is 5.92 Å². The summed E-state index contributed by atoms with van der Waals surface area (Å²) >= 11 is 0. The van der Waals surface area contributed by atoms with E-state index >= 15 is 0 Å².